The van der Waals surface area contributed by atoms with Crippen molar-refractivity contribution < 1.29 is 4.74 Å². The van der Waals surface area contributed by atoms with E-state index in [-0.39, 0.29) is 0 Å². The molecule has 0 N–H and O–H groups in total. The number of benzene rings is 9. The summed E-state index contributed by atoms with van der Waals surface area (Å²) < 4.78 is 7.19. The van der Waals surface area contributed by atoms with Gasteiger partial charge in [0, 0.05) is 22.3 Å². The Balaban J connectivity index is 1.09. The molecule has 1 aliphatic heterocycles. The SMILES string of the molecule is C=Cc1c2c(c(-c3ccccc3)c3ccccc13)Oc1c(cccc1-c1ccc3cc(-c4ccc5c(ccc6ccccc65)c4)ccc3c1)/C2=C/C. The normalized spacial score (nSPS) is 13.0. The average Bonchev–Trinajstić information content (AvgIpc) is 3.21. The van der Waals surface area contributed by atoms with E-state index in [1.807, 2.05) is 6.08 Å². The highest BCUT2D eigenvalue weighted by Gasteiger charge is 2.31. The Hall–Kier alpha value is -6.70. The van der Waals surface area contributed by atoms with E-state index >= 15 is 0 Å². The zero-order valence-electron chi connectivity index (χ0n) is 28.9. The lowest BCUT2D eigenvalue weighted by molar-refractivity contribution is 0.478. The van der Waals surface area contributed by atoms with Crippen molar-refractivity contribution in [3.63, 3.8) is 0 Å². The predicted molar refractivity (Wildman–Crippen MR) is 222 cm³/mol. The van der Waals surface area contributed by atoms with E-state index in [1.54, 1.807) is 0 Å². The van der Waals surface area contributed by atoms with Crippen LogP contribution >= 0.6 is 0 Å². The Bertz CT molecular complexity index is 2950. The highest BCUT2D eigenvalue weighted by atomic mass is 16.5. The molecule has 0 saturated carbocycles. The van der Waals surface area contributed by atoms with Crippen LogP contribution in [-0.2, 0) is 0 Å². The minimum atomic E-state index is 0.877. The fourth-order valence-corrected chi connectivity index (χ4v) is 8.32. The number of allylic oxidation sites excluding steroid dienone is 1. The summed E-state index contributed by atoms with van der Waals surface area (Å²) in [7, 11) is 0. The van der Waals surface area contributed by atoms with Crippen LogP contribution in [0.25, 0.3) is 88.1 Å². The molecular formula is C51H34O. The molecule has 244 valence electrons. The van der Waals surface area contributed by atoms with Gasteiger partial charge in [0.25, 0.3) is 0 Å². The number of ether oxygens (including phenoxy) is 1. The zero-order valence-corrected chi connectivity index (χ0v) is 28.9. The molecule has 9 aromatic rings. The first-order chi connectivity index (χ1) is 25.7. The maximum atomic E-state index is 7.19. The first kappa shape index (κ1) is 30.2. The molecule has 1 aliphatic rings. The number of fused-ring (bicyclic) bond motifs is 7. The number of rotatable bonds is 4. The van der Waals surface area contributed by atoms with E-state index in [0.29, 0.717) is 0 Å². The van der Waals surface area contributed by atoms with Gasteiger partial charge in [0.15, 0.2) is 0 Å². The molecule has 0 aromatic heterocycles. The molecule has 52 heavy (non-hydrogen) atoms. The van der Waals surface area contributed by atoms with Gasteiger partial charge in [-0.05, 0) is 102 Å². The quantitative estimate of drug-likeness (QED) is 0.170. The standard InChI is InChI=1S/C51H34O/c1-3-40-45-17-10-11-18-46(45)48(33-14-6-5-7-15-33)51-49(40)41(4-2)47-20-12-19-44(50(47)52-51)39-26-24-35-29-34(22-23-36(35)31-39)37-27-28-43-38(30-37)25-21-32-13-8-9-16-42(32)43/h3-31H,1H2,2H3/b41-4-. The summed E-state index contributed by atoms with van der Waals surface area (Å²) >= 11 is 0. The Morgan fingerprint density at radius 1 is 0.423 bits per heavy atom. The van der Waals surface area contributed by atoms with Crippen LogP contribution in [0.3, 0.4) is 0 Å². The summed E-state index contributed by atoms with van der Waals surface area (Å²) in [6, 6.07) is 59.2. The first-order valence-corrected chi connectivity index (χ1v) is 17.9. The molecule has 0 spiro atoms. The minimum Gasteiger partial charge on any atom is -0.455 e. The molecule has 1 nitrogen and oxygen atoms in total. The lowest BCUT2D eigenvalue weighted by Gasteiger charge is -2.30. The molecule has 10 rings (SSSR count). The van der Waals surface area contributed by atoms with Crippen molar-refractivity contribution in [1.82, 2.24) is 0 Å². The Labute approximate surface area is 303 Å². The van der Waals surface area contributed by atoms with Crippen molar-refractivity contribution in [2.24, 2.45) is 0 Å². The van der Waals surface area contributed by atoms with Crippen molar-refractivity contribution >= 4 is 54.7 Å². The summed E-state index contributed by atoms with van der Waals surface area (Å²) in [4.78, 5) is 0. The highest BCUT2D eigenvalue weighted by Crippen LogP contribution is 2.55. The van der Waals surface area contributed by atoms with Crippen LogP contribution in [0.2, 0.25) is 0 Å². The molecule has 0 radical (unpaired) electrons. The van der Waals surface area contributed by atoms with Gasteiger partial charge in [0.2, 0.25) is 0 Å². The monoisotopic (exact) mass is 662 g/mol. The third kappa shape index (κ3) is 4.63. The van der Waals surface area contributed by atoms with Crippen LogP contribution in [0.15, 0.2) is 176 Å². The topological polar surface area (TPSA) is 9.23 Å². The van der Waals surface area contributed by atoms with Gasteiger partial charge >= 0.3 is 0 Å². The van der Waals surface area contributed by atoms with Gasteiger partial charge in [0.05, 0.1) is 0 Å². The Morgan fingerprint density at radius 3 is 1.81 bits per heavy atom. The van der Waals surface area contributed by atoms with E-state index in [4.69, 9.17) is 4.74 Å². The summed E-state index contributed by atoms with van der Waals surface area (Å²) in [6.07, 6.45) is 4.20. The van der Waals surface area contributed by atoms with E-state index < -0.39 is 0 Å². The summed E-state index contributed by atoms with van der Waals surface area (Å²) in [6.45, 7) is 6.40. The van der Waals surface area contributed by atoms with Crippen molar-refractivity contribution in [2.75, 3.05) is 0 Å². The molecule has 0 amide bonds. The molecule has 0 atom stereocenters. The number of hydrogen-bond donors (Lipinski definition) is 0. The highest BCUT2D eigenvalue weighted by molar-refractivity contribution is 6.12. The lowest BCUT2D eigenvalue weighted by atomic mass is 9.82. The Morgan fingerprint density at radius 2 is 1.02 bits per heavy atom. The van der Waals surface area contributed by atoms with Crippen molar-refractivity contribution in [1.29, 1.82) is 0 Å². The molecule has 0 bridgehead atoms. The summed E-state index contributed by atoms with van der Waals surface area (Å²) in [5, 5.41) is 9.83. The van der Waals surface area contributed by atoms with Gasteiger partial charge in [-0.15, -0.1) is 0 Å². The molecule has 1 heterocycles. The van der Waals surface area contributed by atoms with Crippen LogP contribution in [0.1, 0.15) is 23.6 Å². The zero-order chi connectivity index (χ0) is 34.8. The third-order valence-electron chi connectivity index (χ3n) is 10.8. The molecule has 1 heteroatoms. The first-order valence-electron chi connectivity index (χ1n) is 17.9. The maximum Gasteiger partial charge on any atom is 0.144 e. The fraction of sp³-hybridized carbons (Fsp3) is 0.0196. The smallest absolute Gasteiger partial charge is 0.144 e. The van der Waals surface area contributed by atoms with Gasteiger partial charge in [-0.2, -0.15) is 0 Å². The summed E-state index contributed by atoms with van der Waals surface area (Å²) in [5.74, 6) is 1.76. The van der Waals surface area contributed by atoms with Gasteiger partial charge in [-0.1, -0.05) is 164 Å². The maximum absolute atomic E-state index is 7.19. The average molecular weight is 663 g/mol. The van der Waals surface area contributed by atoms with Gasteiger partial charge in [-0.25, -0.2) is 0 Å². The predicted octanol–water partition coefficient (Wildman–Crippen LogP) is 14.5. The molecule has 9 aromatic carbocycles. The number of hydrogen-bond acceptors (Lipinski definition) is 1. The van der Waals surface area contributed by atoms with Crippen LogP contribution in [0, 0.1) is 0 Å². The Kier molecular flexibility index (Phi) is 6.94. The van der Waals surface area contributed by atoms with Crippen molar-refractivity contribution in [2.45, 2.75) is 6.92 Å². The number of para-hydroxylation sites is 1. The van der Waals surface area contributed by atoms with Gasteiger partial charge < -0.3 is 4.74 Å². The molecule has 0 saturated heterocycles. The van der Waals surface area contributed by atoms with Crippen LogP contribution in [-0.4, -0.2) is 0 Å². The fourth-order valence-electron chi connectivity index (χ4n) is 8.32. The van der Waals surface area contributed by atoms with Gasteiger partial charge in [-0.3, -0.25) is 0 Å². The second-order valence-electron chi connectivity index (χ2n) is 13.6. The third-order valence-corrected chi connectivity index (χ3v) is 10.8. The molecule has 0 aliphatic carbocycles. The van der Waals surface area contributed by atoms with Crippen LogP contribution in [0.5, 0.6) is 11.5 Å². The molecule has 0 fully saturated rings. The molecule has 0 unspecified atom stereocenters. The lowest BCUT2D eigenvalue weighted by Crippen LogP contribution is -2.08. The largest absolute Gasteiger partial charge is 0.455 e. The van der Waals surface area contributed by atoms with E-state index in [1.165, 1.54) is 48.8 Å². The minimum absolute atomic E-state index is 0.877. The van der Waals surface area contributed by atoms with Crippen LogP contribution < -0.4 is 4.74 Å². The second-order valence-corrected chi connectivity index (χ2v) is 13.6. The second kappa shape index (κ2) is 12.0. The van der Waals surface area contributed by atoms with Crippen molar-refractivity contribution in [3.05, 3.63) is 193 Å². The van der Waals surface area contributed by atoms with Crippen LogP contribution in [0.4, 0.5) is 0 Å². The van der Waals surface area contributed by atoms with E-state index in [2.05, 4.69) is 183 Å². The van der Waals surface area contributed by atoms with E-state index in [0.717, 1.165) is 61.4 Å². The molecular weight excluding hydrogens is 629 g/mol. The van der Waals surface area contributed by atoms with Crippen molar-refractivity contribution in [3.8, 4) is 44.9 Å². The van der Waals surface area contributed by atoms with E-state index in [9.17, 15) is 0 Å². The summed E-state index contributed by atoms with van der Waals surface area (Å²) in [5.41, 5.74) is 11.3. The van der Waals surface area contributed by atoms with Gasteiger partial charge in [0.1, 0.15) is 11.5 Å².